The molecule has 2 unspecified atom stereocenters. The number of hydrogen-bond donors (Lipinski definition) is 0. The molecule has 0 saturated carbocycles. The summed E-state index contributed by atoms with van der Waals surface area (Å²) in [6, 6.07) is 22.3. The smallest absolute Gasteiger partial charge is 0.123 e. The van der Waals surface area contributed by atoms with Crippen molar-refractivity contribution in [2.75, 3.05) is 13.6 Å². The molecule has 0 aromatic heterocycles. The monoisotopic (exact) mass is 488 g/mol. The Labute approximate surface area is 222 Å². The summed E-state index contributed by atoms with van der Waals surface area (Å²) in [7, 11) is 2.29. The first-order valence-electron chi connectivity index (χ1n) is 15.0. The number of likely N-dealkylation sites (N-methyl/N-ethyl adjacent to an activating group) is 1. The Balaban J connectivity index is 1.56. The maximum Gasteiger partial charge on any atom is 0.123 e. The van der Waals surface area contributed by atoms with Crippen molar-refractivity contribution in [2.24, 2.45) is 0 Å². The quantitative estimate of drug-likeness (QED) is 0.193. The summed E-state index contributed by atoms with van der Waals surface area (Å²) >= 11 is 0. The molecular formula is C34H52N2. The van der Waals surface area contributed by atoms with Crippen molar-refractivity contribution in [1.82, 2.24) is 9.80 Å². The average Bonchev–Trinajstić information content (AvgIpc) is 3.21. The fourth-order valence-electron chi connectivity index (χ4n) is 6.24. The van der Waals surface area contributed by atoms with Crippen LogP contribution < -0.4 is 0 Å². The Bertz CT molecular complexity index is 846. The van der Waals surface area contributed by atoms with E-state index in [1.54, 1.807) is 0 Å². The summed E-state index contributed by atoms with van der Waals surface area (Å²) in [4.78, 5) is 5.18. The van der Waals surface area contributed by atoms with E-state index in [1.807, 2.05) is 0 Å². The van der Waals surface area contributed by atoms with Gasteiger partial charge in [0.1, 0.15) is 5.66 Å². The van der Waals surface area contributed by atoms with E-state index >= 15 is 0 Å². The number of rotatable bonds is 18. The van der Waals surface area contributed by atoms with Crippen molar-refractivity contribution < 1.29 is 0 Å². The summed E-state index contributed by atoms with van der Waals surface area (Å²) in [6.45, 7) is 5.79. The molecule has 1 aliphatic rings. The van der Waals surface area contributed by atoms with Gasteiger partial charge in [-0.2, -0.15) is 0 Å². The molecule has 0 radical (unpaired) electrons. The third-order valence-electron chi connectivity index (χ3n) is 8.31. The summed E-state index contributed by atoms with van der Waals surface area (Å²) in [5.41, 5.74) is 2.81. The number of hydrogen-bond acceptors (Lipinski definition) is 2. The molecule has 2 aromatic rings. The second kappa shape index (κ2) is 15.8. The highest BCUT2D eigenvalue weighted by Crippen LogP contribution is 2.44. The fourth-order valence-corrected chi connectivity index (χ4v) is 6.24. The average molecular weight is 489 g/mol. The summed E-state index contributed by atoms with van der Waals surface area (Å²) < 4.78 is 0. The molecule has 1 aliphatic heterocycles. The first-order valence-corrected chi connectivity index (χ1v) is 15.0. The largest absolute Gasteiger partial charge is 0.356 e. The molecule has 0 amide bonds. The van der Waals surface area contributed by atoms with Gasteiger partial charge in [0.05, 0.1) is 0 Å². The number of nitrogens with zero attached hydrogens (tertiary/aromatic N) is 2. The zero-order valence-corrected chi connectivity index (χ0v) is 23.5. The highest BCUT2D eigenvalue weighted by atomic mass is 15.4. The lowest BCUT2D eigenvalue weighted by Gasteiger charge is -2.50. The predicted molar refractivity (Wildman–Crippen MR) is 157 cm³/mol. The second-order valence-corrected chi connectivity index (χ2v) is 10.9. The number of unbranched alkanes of at least 4 members (excludes halogenated alkanes) is 11. The van der Waals surface area contributed by atoms with Gasteiger partial charge in [-0.1, -0.05) is 145 Å². The molecule has 2 aromatic carbocycles. The first-order chi connectivity index (χ1) is 17.7. The van der Waals surface area contributed by atoms with Crippen LogP contribution in [0.25, 0.3) is 0 Å². The van der Waals surface area contributed by atoms with Crippen LogP contribution in [0.1, 0.15) is 114 Å². The van der Waals surface area contributed by atoms with E-state index in [4.69, 9.17) is 0 Å². The molecule has 3 rings (SSSR count). The molecule has 0 spiro atoms. The highest BCUT2D eigenvalue weighted by molar-refractivity contribution is 5.30. The van der Waals surface area contributed by atoms with Gasteiger partial charge >= 0.3 is 0 Å². The SMILES string of the molecule is CCCCCCCCCCCCCCN1C=CN(C)C1(Cc1ccccc1)C(CC)c1ccccc1. The van der Waals surface area contributed by atoms with Crippen molar-refractivity contribution in [2.45, 2.75) is 115 Å². The van der Waals surface area contributed by atoms with E-state index in [1.165, 1.54) is 88.2 Å². The molecule has 0 fully saturated rings. The Morgan fingerprint density at radius 1 is 0.639 bits per heavy atom. The van der Waals surface area contributed by atoms with Crippen LogP contribution in [0.4, 0.5) is 0 Å². The molecule has 198 valence electrons. The van der Waals surface area contributed by atoms with Crippen LogP contribution in [-0.2, 0) is 6.42 Å². The van der Waals surface area contributed by atoms with E-state index in [9.17, 15) is 0 Å². The summed E-state index contributed by atoms with van der Waals surface area (Å²) in [5, 5.41) is 0. The van der Waals surface area contributed by atoms with Crippen molar-refractivity contribution in [3.8, 4) is 0 Å². The molecular weight excluding hydrogens is 436 g/mol. The normalized spacial score (nSPS) is 18.2. The van der Waals surface area contributed by atoms with Crippen LogP contribution in [0.2, 0.25) is 0 Å². The minimum atomic E-state index is -0.0603. The van der Waals surface area contributed by atoms with Gasteiger partial charge in [-0.05, 0) is 24.0 Å². The first kappa shape index (κ1) is 28.4. The van der Waals surface area contributed by atoms with Gasteiger partial charge in [0.2, 0.25) is 0 Å². The molecule has 0 aliphatic carbocycles. The van der Waals surface area contributed by atoms with E-state index in [2.05, 4.69) is 104 Å². The van der Waals surface area contributed by atoms with Crippen molar-refractivity contribution in [1.29, 1.82) is 0 Å². The molecule has 0 saturated heterocycles. The Morgan fingerprint density at radius 3 is 1.72 bits per heavy atom. The molecule has 0 bridgehead atoms. The molecule has 0 N–H and O–H groups in total. The van der Waals surface area contributed by atoms with Gasteiger partial charge in [0, 0.05) is 38.3 Å². The lowest BCUT2D eigenvalue weighted by Crippen LogP contribution is -2.58. The highest BCUT2D eigenvalue weighted by Gasteiger charge is 2.47. The minimum Gasteiger partial charge on any atom is -0.356 e. The van der Waals surface area contributed by atoms with E-state index in [-0.39, 0.29) is 5.66 Å². The van der Waals surface area contributed by atoms with Crippen LogP contribution in [-0.4, -0.2) is 29.1 Å². The van der Waals surface area contributed by atoms with Crippen molar-refractivity contribution in [3.63, 3.8) is 0 Å². The van der Waals surface area contributed by atoms with Gasteiger partial charge in [-0.25, -0.2) is 0 Å². The van der Waals surface area contributed by atoms with E-state index in [0.717, 1.165) is 19.4 Å². The molecule has 36 heavy (non-hydrogen) atoms. The maximum absolute atomic E-state index is 2.68. The number of benzene rings is 2. The van der Waals surface area contributed by atoms with Gasteiger partial charge in [0.25, 0.3) is 0 Å². The molecule has 2 atom stereocenters. The Morgan fingerprint density at radius 2 is 1.17 bits per heavy atom. The van der Waals surface area contributed by atoms with Gasteiger partial charge in [0.15, 0.2) is 0 Å². The van der Waals surface area contributed by atoms with Crippen molar-refractivity contribution in [3.05, 3.63) is 84.2 Å². The third-order valence-corrected chi connectivity index (χ3v) is 8.31. The third kappa shape index (κ3) is 7.89. The lowest BCUT2D eigenvalue weighted by molar-refractivity contribution is 0.0121. The maximum atomic E-state index is 2.68. The standard InChI is InChI=1S/C34H52N2/c1-4-6-7-8-9-10-11-12-13-14-15-22-27-36-29-28-35(3)34(36,30-31-23-18-16-19-24-31)33(5-2)32-25-20-17-21-26-32/h16-21,23-26,28-29,33H,4-15,22,27,30H2,1-3H3. The van der Waals surface area contributed by atoms with Gasteiger partial charge in [-0.3, -0.25) is 0 Å². The van der Waals surface area contributed by atoms with Crippen LogP contribution in [0.15, 0.2) is 73.1 Å². The lowest BCUT2D eigenvalue weighted by atomic mass is 9.78. The molecule has 2 heteroatoms. The second-order valence-electron chi connectivity index (χ2n) is 10.9. The predicted octanol–water partition coefficient (Wildman–Crippen LogP) is 9.54. The zero-order valence-electron chi connectivity index (χ0n) is 23.5. The zero-order chi connectivity index (χ0) is 25.5. The van der Waals surface area contributed by atoms with Crippen LogP contribution in [0, 0.1) is 0 Å². The molecule has 1 heterocycles. The van der Waals surface area contributed by atoms with Gasteiger partial charge in [-0.15, -0.1) is 0 Å². The van der Waals surface area contributed by atoms with Crippen molar-refractivity contribution >= 4 is 0 Å². The van der Waals surface area contributed by atoms with E-state index in [0.29, 0.717) is 5.92 Å². The summed E-state index contributed by atoms with van der Waals surface area (Å²) in [6.07, 6.45) is 23.6. The topological polar surface area (TPSA) is 6.48 Å². The molecule has 2 nitrogen and oxygen atoms in total. The van der Waals surface area contributed by atoms with Gasteiger partial charge < -0.3 is 9.80 Å². The minimum absolute atomic E-state index is 0.0603. The Kier molecular flexibility index (Phi) is 12.4. The van der Waals surface area contributed by atoms with E-state index < -0.39 is 0 Å². The van der Waals surface area contributed by atoms with Crippen LogP contribution in [0.5, 0.6) is 0 Å². The van der Waals surface area contributed by atoms with Crippen LogP contribution >= 0.6 is 0 Å². The Hall–Kier alpha value is -2.22. The summed E-state index contributed by atoms with van der Waals surface area (Å²) in [5.74, 6) is 0.441. The fraction of sp³-hybridized carbons (Fsp3) is 0.588. The van der Waals surface area contributed by atoms with Crippen LogP contribution in [0.3, 0.4) is 0 Å².